The van der Waals surface area contributed by atoms with Gasteiger partial charge in [-0.25, -0.2) is 4.98 Å². The molecule has 3 aromatic rings. The van der Waals surface area contributed by atoms with Gasteiger partial charge >= 0.3 is 12.3 Å². The molecule has 1 atom stereocenters. The summed E-state index contributed by atoms with van der Waals surface area (Å²) in [5, 5.41) is 17.4. The molecule has 194 valence electrons. The number of pyridine rings is 1. The fourth-order valence-electron chi connectivity index (χ4n) is 4.59. The van der Waals surface area contributed by atoms with E-state index in [0.29, 0.717) is 53.3 Å². The van der Waals surface area contributed by atoms with Crippen molar-refractivity contribution in [1.82, 2.24) is 20.1 Å². The van der Waals surface area contributed by atoms with Crippen LogP contribution >= 0.6 is 0 Å². The number of halogens is 3. The van der Waals surface area contributed by atoms with Crippen LogP contribution in [0, 0.1) is 17.8 Å². The SMILES string of the molecule is CC#Cc1ccc(C(=O)NC2CCC(C(=O)O)CC2)c2c1cnn2C(C)c1ccc(OC(F)(F)F)nc1. The zero-order valence-corrected chi connectivity index (χ0v) is 20.2. The van der Waals surface area contributed by atoms with Gasteiger partial charge in [-0.15, -0.1) is 19.1 Å². The van der Waals surface area contributed by atoms with Crippen LogP contribution in [-0.4, -0.2) is 44.2 Å². The quantitative estimate of drug-likeness (QED) is 0.463. The molecule has 2 N–H and O–H groups in total. The van der Waals surface area contributed by atoms with Crippen molar-refractivity contribution >= 4 is 22.8 Å². The summed E-state index contributed by atoms with van der Waals surface area (Å²) in [6.07, 6.45) is 0.167. The predicted octanol–water partition coefficient (Wildman–Crippen LogP) is 4.68. The minimum Gasteiger partial charge on any atom is -0.481 e. The monoisotopic (exact) mass is 514 g/mol. The van der Waals surface area contributed by atoms with E-state index in [0.717, 1.165) is 6.07 Å². The largest absolute Gasteiger partial charge is 0.574 e. The van der Waals surface area contributed by atoms with Gasteiger partial charge < -0.3 is 15.2 Å². The van der Waals surface area contributed by atoms with Crippen molar-refractivity contribution < 1.29 is 32.6 Å². The molecule has 0 saturated heterocycles. The molecule has 1 aromatic carbocycles. The van der Waals surface area contributed by atoms with Gasteiger partial charge in [0.15, 0.2) is 0 Å². The summed E-state index contributed by atoms with van der Waals surface area (Å²) < 4.78 is 42.9. The van der Waals surface area contributed by atoms with Gasteiger partial charge in [-0.05, 0) is 63.3 Å². The summed E-state index contributed by atoms with van der Waals surface area (Å²) in [5.41, 5.74) is 2.14. The lowest BCUT2D eigenvalue weighted by atomic mass is 9.86. The van der Waals surface area contributed by atoms with Crippen LogP contribution in [0.3, 0.4) is 0 Å². The van der Waals surface area contributed by atoms with E-state index in [2.05, 4.69) is 32.0 Å². The van der Waals surface area contributed by atoms with E-state index in [-0.39, 0.29) is 11.9 Å². The zero-order valence-electron chi connectivity index (χ0n) is 20.2. The number of carbonyl (C=O) groups is 2. The van der Waals surface area contributed by atoms with E-state index < -0.39 is 30.2 Å². The number of amides is 1. The van der Waals surface area contributed by atoms with Crippen molar-refractivity contribution in [3.05, 3.63) is 53.3 Å². The Morgan fingerprint density at radius 1 is 1.16 bits per heavy atom. The number of alkyl halides is 3. The molecule has 2 aromatic heterocycles. The maximum atomic E-state index is 13.4. The van der Waals surface area contributed by atoms with Gasteiger partial charge in [0.05, 0.1) is 29.2 Å². The standard InChI is InChI=1S/C26H25F3N4O4/c1-3-4-16-7-11-20(24(34)32-19-9-5-17(6-10-19)25(35)36)23-21(16)14-31-33(23)15(2)18-8-12-22(30-13-18)37-26(27,28)29/h7-8,11-15,17,19H,5-6,9-10H2,1-2H3,(H,32,34)(H,35,36). The number of hydrogen-bond donors (Lipinski definition) is 2. The molecule has 11 heteroatoms. The van der Waals surface area contributed by atoms with Gasteiger partial charge in [-0.3, -0.25) is 14.3 Å². The van der Waals surface area contributed by atoms with Gasteiger partial charge in [-0.1, -0.05) is 5.92 Å². The molecule has 1 aliphatic carbocycles. The van der Waals surface area contributed by atoms with Gasteiger partial charge in [0.1, 0.15) is 0 Å². The van der Waals surface area contributed by atoms with Crippen LogP contribution in [0.4, 0.5) is 13.2 Å². The third-order valence-corrected chi connectivity index (χ3v) is 6.50. The summed E-state index contributed by atoms with van der Waals surface area (Å²) in [4.78, 5) is 28.3. The maximum absolute atomic E-state index is 13.4. The number of carboxylic acids is 1. The highest BCUT2D eigenvalue weighted by molar-refractivity contribution is 6.07. The second kappa shape index (κ2) is 10.5. The maximum Gasteiger partial charge on any atom is 0.574 e. The molecule has 1 amide bonds. The average molecular weight is 515 g/mol. The lowest BCUT2D eigenvalue weighted by Crippen LogP contribution is -2.39. The van der Waals surface area contributed by atoms with E-state index in [1.54, 1.807) is 36.9 Å². The highest BCUT2D eigenvalue weighted by Crippen LogP contribution is 2.30. The fourth-order valence-corrected chi connectivity index (χ4v) is 4.59. The summed E-state index contributed by atoms with van der Waals surface area (Å²) in [7, 11) is 0. The number of carbonyl (C=O) groups excluding carboxylic acids is 1. The molecular weight excluding hydrogens is 489 g/mol. The number of hydrogen-bond acceptors (Lipinski definition) is 5. The van der Waals surface area contributed by atoms with Crippen molar-refractivity contribution in [2.24, 2.45) is 5.92 Å². The Hall–Kier alpha value is -4.07. The first kappa shape index (κ1) is 26.0. The number of aliphatic carboxylic acids is 1. The third kappa shape index (κ3) is 5.85. The molecule has 2 heterocycles. The Labute approximate surface area is 210 Å². The molecule has 37 heavy (non-hydrogen) atoms. The highest BCUT2D eigenvalue weighted by Gasteiger charge is 2.32. The minimum absolute atomic E-state index is 0.146. The summed E-state index contributed by atoms with van der Waals surface area (Å²) in [6, 6.07) is 5.38. The Morgan fingerprint density at radius 2 is 1.89 bits per heavy atom. The molecule has 1 unspecified atom stereocenters. The highest BCUT2D eigenvalue weighted by atomic mass is 19.4. The fraction of sp³-hybridized carbons (Fsp3) is 0.385. The topological polar surface area (TPSA) is 106 Å². The smallest absolute Gasteiger partial charge is 0.481 e. The van der Waals surface area contributed by atoms with Crippen molar-refractivity contribution in [1.29, 1.82) is 0 Å². The number of nitrogens with one attached hydrogen (secondary N) is 1. The van der Waals surface area contributed by atoms with E-state index in [9.17, 15) is 27.9 Å². The number of aromatic nitrogens is 3. The van der Waals surface area contributed by atoms with Crippen LogP contribution in [0.2, 0.25) is 0 Å². The summed E-state index contributed by atoms with van der Waals surface area (Å²) >= 11 is 0. The second-order valence-electron chi connectivity index (χ2n) is 8.90. The van der Waals surface area contributed by atoms with Crippen molar-refractivity contribution in [3.8, 4) is 17.7 Å². The Morgan fingerprint density at radius 3 is 2.49 bits per heavy atom. The van der Waals surface area contributed by atoms with Crippen molar-refractivity contribution in [2.75, 3.05) is 0 Å². The molecule has 1 saturated carbocycles. The lowest BCUT2D eigenvalue weighted by molar-refractivity contribution is -0.276. The van der Waals surface area contributed by atoms with Crippen LogP contribution in [0.5, 0.6) is 5.88 Å². The van der Waals surface area contributed by atoms with Crippen LogP contribution in [-0.2, 0) is 4.79 Å². The van der Waals surface area contributed by atoms with Crippen molar-refractivity contribution in [3.63, 3.8) is 0 Å². The number of nitrogens with zero attached hydrogens (tertiary/aromatic N) is 3. The Bertz CT molecular complexity index is 1360. The second-order valence-corrected chi connectivity index (χ2v) is 8.90. The molecule has 1 aliphatic rings. The molecule has 8 nitrogen and oxygen atoms in total. The van der Waals surface area contributed by atoms with Gasteiger partial charge in [0, 0.05) is 29.3 Å². The molecule has 0 radical (unpaired) electrons. The average Bonchev–Trinajstić information content (AvgIpc) is 3.29. The van der Waals surface area contributed by atoms with E-state index in [1.165, 1.54) is 12.3 Å². The van der Waals surface area contributed by atoms with Gasteiger partial charge in [0.2, 0.25) is 5.88 Å². The van der Waals surface area contributed by atoms with Crippen LogP contribution in [0.15, 0.2) is 36.7 Å². The van der Waals surface area contributed by atoms with E-state index >= 15 is 0 Å². The van der Waals surface area contributed by atoms with Gasteiger partial charge in [0.25, 0.3) is 5.91 Å². The van der Waals surface area contributed by atoms with E-state index in [4.69, 9.17) is 0 Å². The van der Waals surface area contributed by atoms with Crippen LogP contribution in [0.25, 0.3) is 10.9 Å². The summed E-state index contributed by atoms with van der Waals surface area (Å²) in [5.74, 6) is 3.75. The Balaban J connectivity index is 1.65. The molecule has 0 bridgehead atoms. The molecule has 1 fully saturated rings. The Kier molecular flexibility index (Phi) is 7.38. The first-order valence-electron chi connectivity index (χ1n) is 11.8. The molecule has 0 aliphatic heterocycles. The predicted molar refractivity (Wildman–Crippen MR) is 128 cm³/mol. The van der Waals surface area contributed by atoms with Crippen LogP contribution < -0.4 is 10.1 Å². The van der Waals surface area contributed by atoms with Gasteiger partial charge in [-0.2, -0.15) is 5.10 Å². The van der Waals surface area contributed by atoms with Crippen molar-refractivity contribution in [2.45, 2.75) is 58.0 Å². The van der Waals surface area contributed by atoms with Crippen LogP contribution in [0.1, 0.15) is 67.1 Å². The molecule has 4 rings (SSSR count). The first-order valence-corrected chi connectivity index (χ1v) is 11.8. The first-order chi connectivity index (χ1) is 17.6. The normalized spacial score (nSPS) is 18.5. The molecule has 0 spiro atoms. The third-order valence-electron chi connectivity index (χ3n) is 6.50. The molecular formula is C26H25F3N4O4. The minimum atomic E-state index is -4.84. The number of benzene rings is 1. The van der Waals surface area contributed by atoms with E-state index in [1.807, 2.05) is 0 Å². The number of rotatable bonds is 6. The number of carboxylic acid groups (broad SMARTS) is 1. The summed E-state index contributed by atoms with van der Waals surface area (Å²) in [6.45, 7) is 3.49. The lowest BCUT2D eigenvalue weighted by Gasteiger charge is -2.27. The zero-order chi connectivity index (χ0) is 26.7. The number of fused-ring (bicyclic) bond motifs is 1. The number of ether oxygens (including phenoxy) is 1.